The molecule has 0 aliphatic heterocycles. The molecule has 0 atom stereocenters. The fraction of sp³-hybridized carbons (Fsp3) is 0. The summed E-state index contributed by atoms with van der Waals surface area (Å²) in [5, 5.41) is 0.914. The van der Waals surface area contributed by atoms with Crippen molar-refractivity contribution in [3.8, 4) is 11.6 Å². The van der Waals surface area contributed by atoms with E-state index in [0.29, 0.717) is 27.5 Å². The monoisotopic (exact) mass is 254 g/mol. The van der Waals surface area contributed by atoms with Gasteiger partial charge in [-0.25, -0.2) is 0 Å². The lowest BCUT2D eigenvalue weighted by Gasteiger charge is -2.05. The zero-order chi connectivity index (χ0) is 11.5. The van der Waals surface area contributed by atoms with Gasteiger partial charge in [-0.05, 0) is 18.2 Å². The number of ether oxygens (including phenoxy) is 1. The first-order valence-corrected chi connectivity index (χ1v) is 5.26. The summed E-state index contributed by atoms with van der Waals surface area (Å²) in [5.74, 6) is 1.38. The van der Waals surface area contributed by atoms with Gasteiger partial charge in [-0.15, -0.1) is 0 Å². The van der Waals surface area contributed by atoms with Crippen LogP contribution in [0.15, 0.2) is 36.4 Å². The van der Waals surface area contributed by atoms with Crippen molar-refractivity contribution in [1.82, 2.24) is 4.98 Å². The van der Waals surface area contributed by atoms with Crippen LogP contribution in [0.2, 0.25) is 10.0 Å². The molecule has 2 N–H and O–H groups in total. The van der Waals surface area contributed by atoms with Crippen molar-refractivity contribution in [1.29, 1.82) is 0 Å². The van der Waals surface area contributed by atoms with Crippen LogP contribution in [0.3, 0.4) is 0 Å². The van der Waals surface area contributed by atoms with E-state index in [0.717, 1.165) is 0 Å². The van der Waals surface area contributed by atoms with Gasteiger partial charge < -0.3 is 10.5 Å². The summed E-state index contributed by atoms with van der Waals surface area (Å²) in [5.41, 5.74) is 5.53. The molecule has 2 rings (SSSR count). The molecule has 0 aliphatic rings. The van der Waals surface area contributed by atoms with Crippen molar-refractivity contribution in [2.75, 3.05) is 5.73 Å². The minimum Gasteiger partial charge on any atom is -0.439 e. The number of rotatable bonds is 2. The van der Waals surface area contributed by atoms with E-state index in [1.54, 1.807) is 36.4 Å². The number of halogens is 2. The molecule has 0 spiro atoms. The highest BCUT2D eigenvalue weighted by molar-refractivity contribution is 6.42. The van der Waals surface area contributed by atoms with Crippen LogP contribution in [-0.2, 0) is 0 Å². The summed E-state index contributed by atoms with van der Waals surface area (Å²) < 4.78 is 5.46. The second-order valence-corrected chi connectivity index (χ2v) is 3.89. The number of hydrogen-bond acceptors (Lipinski definition) is 3. The maximum atomic E-state index is 5.85. The normalized spacial score (nSPS) is 10.1. The fourth-order valence-electron chi connectivity index (χ4n) is 1.15. The van der Waals surface area contributed by atoms with Gasteiger partial charge in [0.1, 0.15) is 11.6 Å². The molecule has 0 unspecified atom stereocenters. The van der Waals surface area contributed by atoms with Crippen molar-refractivity contribution >= 4 is 29.0 Å². The topological polar surface area (TPSA) is 48.1 Å². The second-order valence-electron chi connectivity index (χ2n) is 3.08. The molecule has 0 amide bonds. The number of nitrogens with two attached hydrogens (primary N) is 1. The van der Waals surface area contributed by atoms with Gasteiger partial charge in [0.05, 0.1) is 10.0 Å². The van der Waals surface area contributed by atoms with E-state index >= 15 is 0 Å². The summed E-state index contributed by atoms with van der Waals surface area (Å²) in [6, 6.07) is 10.1. The fourth-order valence-corrected chi connectivity index (χ4v) is 1.44. The quantitative estimate of drug-likeness (QED) is 0.888. The third-order valence-electron chi connectivity index (χ3n) is 1.86. The lowest BCUT2D eigenvalue weighted by molar-refractivity contribution is 0.464. The number of benzene rings is 1. The van der Waals surface area contributed by atoms with Crippen LogP contribution in [0.5, 0.6) is 11.6 Å². The molecule has 0 aliphatic carbocycles. The number of nitrogen functional groups attached to an aromatic ring is 1. The first kappa shape index (κ1) is 11.0. The molecule has 5 heteroatoms. The van der Waals surface area contributed by atoms with E-state index in [1.165, 1.54) is 0 Å². The van der Waals surface area contributed by atoms with Gasteiger partial charge in [0, 0.05) is 12.1 Å². The third-order valence-corrected chi connectivity index (χ3v) is 2.60. The van der Waals surface area contributed by atoms with Gasteiger partial charge >= 0.3 is 0 Å². The van der Waals surface area contributed by atoms with Crippen LogP contribution in [-0.4, -0.2) is 4.98 Å². The molecule has 0 bridgehead atoms. The van der Waals surface area contributed by atoms with E-state index in [4.69, 9.17) is 33.7 Å². The minimum atomic E-state index is 0.401. The minimum absolute atomic E-state index is 0.401. The van der Waals surface area contributed by atoms with E-state index in [2.05, 4.69) is 4.98 Å². The first-order valence-electron chi connectivity index (χ1n) is 4.50. The molecule has 1 heterocycles. The highest BCUT2D eigenvalue weighted by atomic mass is 35.5. The van der Waals surface area contributed by atoms with Gasteiger partial charge in [-0.3, -0.25) is 0 Å². The molecule has 3 nitrogen and oxygen atoms in total. The number of pyridine rings is 1. The van der Waals surface area contributed by atoms with E-state index < -0.39 is 0 Å². The molecule has 2 aromatic rings. The van der Waals surface area contributed by atoms with E-state index in [1.807, 2.05) is 0 Å². The predicted octanol–water partition coefficient (Wildman–Crippen LogP) is 3.76. The van der Waals surface area contributed by atoms with Crippen LogP contribution in [0, 0.1) is 0 Å². The third kappa shape index (κ3) is 2.56. The second kappa shape index (κ2) is 4.60. The van der Waals surface area contributed by atoms with Crippen LogP contribution in [0.4, 0.5) is 5.82 Å². The lowest BCUT2D eigenvalue weighted by Crippen LogP contribution is -1.92. The maximum Gasteiger partial charge on any atom is 0.221 e. The zero-order valence-electron chi connectivity index (χ0n) is 8.15. The van der Waals surface area contributed by atoms with Crippen LogP contribution in [0.1, 0.15) is 0 Å². The first-order chi connectivity index (χ1) is 7.65. The van der Waals surface area contributed by atoms with Gasteiger partial charge in [0.2, 0.25) is 5.88 Å². The Kier molecular flexibility index (Phi) is 3.17. The summed E-state index contributed by atoms with van der Waals surface area (Å²) in [6.45, 7) is 0. The van der Waals surface area contributed by atoms with E-state index in [-0.39, 0.29) is 0 Å². The Bertz CT molecular complexity index is 517. The maximum absolute atomic E-state index is 5.85. The molecule has 0 fully saturated rings. The number of anilines is 1. The molecular weight excluding hydrogens is 247 g/mol. The Morgan fingerprint density at radius 3 is 2.56 bits per heavy atom. The predicted molar refractivity (Wildman–Crippen MR) is 65.2 cm³/mol. The van der Waals surface area contributed by atoms with Crippen LogP contribution in [0.25, 0.3) is 0 Å². The molecule has 0 saturated heterocycles. The van der Waals surface area contributed by atoms with Crippen molar-refractivity contribution in [3.63, 3.8) is 0 Å². The number of hydrogen-bond donors (Lipinski definition) is 1. The Morgan fingerprint density at radius 2 is 1.88 bits per heavy atom. The van der Waals surface area contributed by atoms with Gasteiger partial charge in [0.25, 0.3) is 0 Å². The Balaban J connectivity index is 2.24. The SMILES string of the molecule is Nc1cccc(Oc2ccc(Cl)c(Cl)c2)n1. The summed E-state index contributed by atoms with van der Waals surface area (Å²) in [4.78, 5) is 4.00. The highest BCUT2D eigenvalue weighted by Crippen LogP contribution is 2.28. The van der Waals surface area contributed by atoms with Crippen LogP contribution < -0.4 is 10.5 Å². The Morgan fingerprint density at radius 1 is 1.06 bits per heavy atom. The highest BCUT2D eigenvalue weighted by Gasteiger charge is 2.02. The number of aromatic nitrogens is 1. The average molecular weight is 255 g/mol. The molecule has 16 heavy (non-hydrogen) atoms. The Labute approximate surface area is 103 Å². The zero-order valence-corrected chi connectivity index (χ0v) is 9.66. The average Bonchev–Trinajstić information content (AvgIpc) is 2.24. The summed E-state index contributed by atoms with van der Waals surface area (Å²) in [6.07, 6.45) is 0. The van der Waals surface area contributed by atoms with Crippen molar-refractivity contribution in [2.24, 2.45) is 0 Å². The van der Waals surface area contributed by atoms with Crippen molar-refractivity contribution < 1.29 is 4.74 Å². The van der Waals surface area contributed by atoms with Gasteiger partial charge in [-0.2, -0.15) is 4.98 Å². The van der Waals surface area contributed by atoms with Crippen molar-refractivity contribution in [2.45, 2.75) is 0 Å². The Hall–Kier alpha value is -1.45. The lowest BCUT2D eigenvalue weighted by atomic mass is 10.3. The van der Waals surface area contributed by atoms with Crippen molar-refractivity contribution in [3.05, 3.63) is 46.4 Å². The largest absolute Gasteiger partial charge is 0.439 e. The van der Waals surface area contributed by atoms with E-state index in [9.17, 15) is 0 Å². The summed E-state index contributed by atoms with van der Waals surface area (Å²) >= 11 is 11.6. The van der Waals surface area contributed by atoms with Crippen LogP contribution >= 0.6 is 23.2 Å². The smallest absolute Gasteiger partial charge is 0.221 e. The molecule has 1 aromatic carbocycles. The summed E-state index contributed by atoms with van der Waals surface area (Å²) in [7, 11) is 0. The molecule has 82 valence electrons. The molecule has 0 saturated carbocycles. The standard InChI is InChI=1S/C11H8Cl2N2O/c12-8-5-4-7(6-9(8)13)16-11-3-1-2-10(14)15-11/h1-6H,(H2,14,15). The number of nitrogens with zero attached hydrogens (tertiary/aromatic N) is 1. The molecule has 0 radical (unpaired) electrons. The molecular formula is C11H8Cl2N2O. The van der Waals surface area contributed by atoms with Gasteiger partial charge in [0.15, 0.2) is 0 Å². The molecule has 1 aromatic heterocycles. The van der Waals surface area contributed by atoms with Gasteiger partial charge in [-0.1, -0.05) is 29.3 Å².